The highest BCUT2D eigenvalue weighted by atomic mass is 31.2. The molecule has 0 saturated heterocycles. The van der Waals surface area contributed by atoms with Crippen molar-refractivity contribution < 1.29 is 42.1 Å². The van der Waals surface area contributed by atoms with Crippen molar-refractivity contribution >= 4 is 19.8 Å². The van der Waals surface area contributed by atoms with Gasteiger partial charge in [-0.15, -0.1) is 0 Å². The van der Waals surface area contributed by atoms with Crippen molar-refractivity contribution in [1.29, 1.82) is 0 Å². The summed E-state index contributed by atoms with van der Waals surface area (Å²) in [6.45, 7) is 4.34. The highest BCUT2D eigenvalue weighted by Gasteiger charge is 2.27. The Labute approximate surface area is 631 Å². The number of likely N-dealkylation sites (N-methyl/N-ethyl adjacent to an activating group) is 1. The predicted molar refractivity (Wildman–Crippen MR) is 445 cm³/mol. The molecule has 1 N–H and O–H groups in total. The van der Waals surface area contributed by atoms with E-state index in [1.807, 2.05) is 21.1 Å². The van der Waals surface area contributed by atoms with E-state index in [1.165, 1.54) is 225 Å². The maximum absolute atomic E-state index is 12.9. The van der Waals surface area contributed by atoms with Crippen LogP contribution in [0.2, 0.25) is 0 Å². The van der Waals surface area contributed by atoms with Gasteiger partial charge in [-0.3, -0.25) is 18.6 Å². The first-order chi connectivity index (χ1) is 50.0. The molecule has 0 aromatic heterocycles. The maximum Gasteiger partial charge on any atom is 0.472 e. The summed E-state index contributed by atoms with van der Waals surface area (Å²) in [6, 6.07) is 0. The van der Waals surface area contributed by atoms with Gasteiger partial charge in [0.1, 0.15) is 19.8 Å². The molecule has 0 fully saturated rings. The fourth-order valence-electron chi connectivity index (χ4n) is 11.9. The van der Waals surface area contributed by atoms with Crippen LogP contribution in [-0.4, -0.2) is 74.9 Å². The normalized spacial score (nSPS) is 13.7. The summed E-state index contributed by atoms with van der Waals surface area (Å²) in [5.41, 5.74) is 0. The molecule has 0 amide bonds. The lowest BCUT2D eigenvalue weighted by atomic mass is 10.0. The van der Waals surface area contributed by atoms with E-state index in [-0.39, 0.29) is 32.0 Å². The quantitative estimate of drug-likeness (QED) is 0.0211. The summed E-state index contributed by atoms with van der Waals surface area (Å²) < 4.78 is 34.8. The second-order valence-corrected chi connectivity index (χ2v) is 30.9. The largest absolute Gasteiger partial charge is 0.472 e. The van der Waals surface area contributed by atoms with E-state index in [2.05, 4.69) is 160 Å². The van der Waals surface area contributed by atoms with Gasteiger partial charge in [-0.1, -0.05) is 384 Å². The third kappa shape index (κ3) is 84.8. The van der Waals surface area contributed by atoms with Gasteiger partial charge in [0, 0.05) is 12.8 Å². The summed E-state index contributed by atoms with van der Waals surface area (Å²) >= 11 is 0. The van der Waals surface area contributed by atoms with Gasteiger partial charge in [0.2, 0.25) is 0 Å². The molecule has 0 aliphatic rings. The number of unbranched alkanes of at least 4 members (excludes halogenated alkanes) is 40. The number of allylic oxidation sites excluding steroid dienone is 24. The molecule has 0 radical (unpaired) electrons. The van der Waals surface area contributed by atoms with Crippen LogP contribution in [0.25, 0.3) is 0 Å². The molecule has 9 nitrogen and oxygen atoms in total. The van der Waals surface area contributed by atoms with E-state index in [0.717, 1.165) is 116 Å². The third-order valence-electron chi connectivity index (χ3n) is 18.4. The van der Waals surface area contributed by atoms with Crippen LogP contribution in [0.3, 0.4) is 0 Å². The molecule has 2 unspecified atom stereocenters. The Kier molecular flexibility index (Phi) is 77.7. The number of hydrogen-bond acceptors (Lipinski definition) is 7. The van der Waals surface area contributed by atoms with Gasteiger partial charge >= 0.3 is 19.8 Å². The Bertz CT molecular complexity index is 2240. The summed E-state index contributed by atoms with van der Waals surface area (Å²) in [4.78, 5) is 36.0. The van der Waals surface area contributed by atoms with E-state index in [0.29, 0.717) is 17.4 Å². The van der Waals surface area contributed by atoms with Gasteiger partial charge in [-0.25, -0.2) is 4.57 Å². The van der Waals surface area contributed by atoms with Gasteiger partial charge in [-0.05, 0) is 122 Å². The molecule has 102 heavy (non-hydrogen) atoms. The van der Waals surface area contributed by atoms with Crippen molar-refractivity contribution in [2.24, 2.45) is 0 Å². The van der Waals surface area contributed by atoms with Crippen LogP contribution in [-0.2, 0) is 32.7 Å². The number of carbonyl (C=O) groups excluding carboxylic acids is 2. The number of phosphoric acid groups is 1. The van der Waals surface area contributed by atoms with Crippen LogP contribution in [0.4, 0.5) is 0 Å². The van der Waals surface area contributed by atoms with Crippen LogP contribution in [0.1, 0.15) is 373 Å². The Morgan fingerprint density at radius 3 is 0.843 bits per heavy atom. The van der Waals surface area contributed by atoms with E-state index in [4.69, 9.17) is 18.5 Å². The first-order valence-corrected chi connectivity index (χ1v) is 44.1. The van der Waals surface area contributed by atoms with Crippen LogP contribution >= 0.6 is 7.82 Å². The number of esters is 2. The molecular weight excluding hydrogens is 1280 g/mol. The SMILES string of the molecule is CC/C=C\C/C=C\C/C=C\C/C=C\C/C=C\C/C=C\C/C=C\C/C=C\C/C=C\C/C=C\C/C=C\CCCCCCCCCC(=O)OC(COC(=O)CCCCCCCCCCCCCCCCCCCCCCCCCCC/C=C\CCCCCCCCCC)COP(=O)(O)OCC[N+](C)(C)C. The smallest absolute Gasteiger partial charge is 0.462 e. The molecule has 586 valence electrons. The Morgan fingerprint density at radius 1 is 0.314 bits per heavy atom. The van der Waals surface area contributed by atoms with Crippen molar-refractivity contribution in [1.82, 2.24) is 0 Å². The van der Waals surface area contributed by atoms with Crippen molar-refractivity contribution in [2.75, 3.05) is 47.5 Å². The number of carbonyl (C=O) groups is 2. The monoisotopic (exact) mass is 1440 g/mol. The average Bonchev–Trinajstić information content (AvgIpc) is 0.916. The molecule has 0 aromatic carbocycles. The van der Waals surface area contributed by atoms with E-state index in [9.17, 15) is 19.0 Å². The van der Waals surface area contributed by atoms with Gasteiger partial charge in [0.05, 0.1) is 27.7 Å². The number of nitrogens with zero attached hydrogens (tertiary/aromatic N) is 1. The fourth-order valence-corrected chi connectivity index (χ4v) is 12.6. The molecule has 0 saturated carbocycles. The topological polar surface area (TPSA) is 108 Å². The van der Waals surface area contributed by atoms with Crippen LogP contribution in [0.5, 0.6) is 0 Å². The lowest BCUT2D eigenvalue weighted by molar-refractivity contribution is -0.870. The van der Waals surface area contributed by atoms with Crippen molar-refractivity contribution in [3.8, 4) is 0 Å². The lowest BCUT2D eigenvalue weighted by Crippen LogP contribution is -2.37. The average molecular weight is 1440 g/mol. The van der Waals surface area contributed by atoms with E-state index >= 15 is 0 Å². The molecule has 0 aliphatic heterocycles. The second-order valence-electron chi connectivity index (χ2n) is 29.5. The molecule has 10 heteroatoms. The summed E-state index contributed by atoms with van der Waals surface area (Å²) in [5, 5.41) is 0. The van der Waals surface area contributed by atoms with Crippen LogP contribution in [0, 0.1) is 0 Å². The van der Waals surface area contributed by atoms with Crippen molar-refractivity contribution in [3.05, 3.63) is 146 Å². The van der Waals surface area contributed by atoms with E-state index in [1.54, 1.807) is 0 Å². The molecule has 0 aromatic rings. The summed E-state index contributed by atoms with van der Waals surface area (Å²) in [7, 11) is 1.47. The Balaban J connectivity index is 4.01. The zero-order valence-electron chi connectivity index (χ0n) is 67.1. The zero-order chi connectivity index (χ0) is 74.0. The van der Waals surface area contributed by atoms with Crippen LogP contribution < -0.4 is 0 Å². The highest BCUT2D eigenvalue weighted by molar-refractivity contribution is 7.47. The maximum atomic E-state index is 12.9. The van der Waals surface area contributed by atoms with Gasteiger partial charge in [0.25, 0.3) is 0 Å². The number of phosphoric ester groups is 1. The molecule has 0 aliphatic carbocycles. The number of hydrogen-bond donors (Lipinski definition) is 1. The molecule has 0 bridgehead atoms. The zero-order valence-corrected chi connectivity index (χ0v) is 68.0. The fraction of sp³-hybridized carbons (Fsp3) is 0.717. The highest BCUT2D eigenvalue weighted by Crippen LogP contribution is 2.43. The van der Waals surface area contributed by atoms with Gasteiger partial charge in [-0.2, -0.15) is 0 Å². The van der Waals surface area contributed by atoms with Crippen molar-refractivity contribution in [2.45, 2.75) is 380 Å². The Morgan fingerprint density at radius 2 is 0.559 bits per heavy atom. The standard InChI is InChI=1S/C92H160NO8P/c1-6-8-10-12-14-16-18-20-22-24-26-28-30-32-34-36-38-40-42-44-45-46-47-49-51-53-55-57-59-61-63-65-67-69-71-73-75-77-79-81-83-85-92(95)101-90(89-100-102(96,97)99-87-86-93(3,4)5)88-98-91(94)84-82-80-78-76-74-72-70-68-66-64-62-60-58-56-54-52-50-48-43-41-39-37-35-33-31-29-27-25-23-21-19-17-15-13-11-9-7-2/h8,10,14,16,20,22,25-28,32,34,38,40,44-45,47,49,53,55,59,61,65,67,90H,6-7,9,11-13,15,17-19,21,23-24,29-31,33,35-37,39,41-43,46,48,50-52,54,56-58,60,62-64,66,68-89H2,1-5H3/p+1/b10-8-,16-14-,22-20-,27-25-,28-26-,34-32-,40-38-,45-44-,49-47-,55-53-,61-59-,67-65-. The van der Waals surface area contributed by atoms with Gasteiger partial charge < -0.3 is 18.9 Å². The first kappa shape index (κ1) is 97.9. The third-order valence-corrected chi connectivity index (χ3v) is 19.3. The minimum atomic E-state index is -4.41. The minimum absolute atomic E-state index is 0.0244. The molecule has 2 atom stereocenters. The molecule has 0 heterocycles. The predicted octanol–water partition coefficient (Wildman–Crippen LogP) is 28.8. The lowest BCUT2D eigenvalue weighted by Gasteiger charge is -2.24. The number of rotatable bonds is 78. The van der Waals surface area contributed by atoms with E-state index < -0.39 is 26.5 Å². The Hall–Kier alpha value is -4.11. The number of ether oxygens (including phenoxy) is 2. The second kappa shape index (κ2) is 81.0. The molecule has 0 rings (SSSR count). The van der Waals surface area contributed by atoms with Crippen LogP contribution in [0.15, 0.2) is 146 Å². The number of quaternary nitrogens is 1. The van der Waals surface area contributed by atoms with Gasteiger partial charge in [0.15, 0.2) is 6.10 Å². The van der Waals surface area contributed by atoms with Crippen molar-refractivity contribution in [3.63, 3.8) is 0 Å². The molecular formula is C92H161NO8P+. The minimum Gasteiger partial charge on any atom is -0.462 e. The first-order valence-electron chi connectivity index (χ1n) is 42.6. The summed E-state index contributed by atoms with van der Waals surface area (Å²) in [6.07, 6.45) is 120. The summed E-state index contributed by atoms with van der Waals surface area (Å²) in [5.74, 6) is -0.804. The molecule has 0 spiro atoms.